The topological polar surface area (TPSA) is 88.3 Å². The largest absolute Gasteiger partial charge is 0.379 e. The summed E-state index contributed by atoms with van der Waals surface area (Å²) in [7, 11) is 0. The number of nitrogens with two attached hydrogens (primary N) is 1. The SMILES string of the molecule is CCCNc1cc(NCCCN2CCOCC2)nc(N)n1. The van der Waals surface area contributed by atoms with Crippen LogP contribution in [0.4, 0.5) is 17.6 Å². The van der Waals surface area contributed by atoms with Gasteiger partial charge in [0.1, 0.15) is 11.6 Å². The summed E-state index contributed by atoms with van der Waals surface area (Å²) in [5.74, 6) is 1.86. The van der Waals surface area contributed by atoms with Crippen molar-refractivity contribution >= 4 is 17.6 Å². The summed E-state index contributed by atoms with van der Waals surface area (Å²) in [5.41, 5.74) is 5.73. The minimum atomic E-state index is 0.298. The molecule has 0 amide bonds. The third kappa shape index (κ3) is 5.73. The number of nitrogen functional groups attached to an aromatic ring is 1. The molecule has 1 aromatic heterocycles. The molecule has 1 aliphatic heterocycles. The van der Waals surface area contributed by atoms with E-state index in [-0.39, 0.29) is 0 Å². The molecule has 0 atom stereocenters. The zero-order valence-corrected chi connectivity index (χ0v) is 12.8. The van der Waals surface area contributed by atoms with Crippen LogP contribution >= 0.6 is 0 Å². The van der Waals surface area contributed by atoms with Gasteiger partial charge < -0.3 is 21.1 Å². The Morgan fingerprint density at radius 2 is 1.86 bits per heavy atom. The van der Waals surface area contributed by atoms with Gasteiger partial charge in [0.15, 0.2) is 0 Å². The van der Waals surface area contributed by atoms with Gasteiger partial charge in [0.25, 0.3) is 0 Å². The molecule has 0 spiro atoms. The molecule has 21 heavy (non-hydrogen) atoms. The van der Waals surface area contributed by atoms with E-state index in [1.54, 1.807) is 0 Å². The molecule has 118 valence electrons. The minimum absolute atomic E-state index is 0.298. The van der Waals surface area contributed by atoms with Gasteiger partial charge in [-0.05, 0) is 19.4 Å². The third-order valence-corrected chi connectivity index (χ3v) is 3.36. The monoisotopic (exact) mass is 294 g/mol. The fourth-order valence-electron chi connectivity index (χ4n) is 2.24. The van der Waals surface area contributed by atoms with E-state index in [2.05, 4.69) is 32.4 Å². The van der Waals surface area contributed by atoms with Gasteiger partial charge in [-0.25, -0.2) is 0 Å². The van der Waals surface area contributed by atoms with Gasteiger partial charge in [0.2, 0.25) is 5.95 Å². The quantitative estimate of drug-likeness (QED) is 0.617. The molecule has 0 saturated carbocycles. The molecule has 1 aromatic rings. The van der Waals surface area contributed by atoms with Crippen LogP contribution in [-0.2, 0) is 4.74 Å². The van der Waals surface area contributed by atoms with Crippen molar-refractivity contribution in [2.45, 2.75) is 19.8 Å². The lowest BCUT2D eigenvalue weighted by Gasteiger charge is -2.26. The highest BCUT2D eigenvalue weighted by molar-refractivity contribution is 5.50. The maximum atomic E-state index is 5.73. The van der Waals surface area contributed by atoms with Crippen molar-refractivity contribution in [3.05, 3.63) is 6.07 Å². The van der Waals surface area contributed by atoms with Crippen LogP contribution in [0, 0.1) is 0 Å². The van der Waals surface area contributed by atoms with Crippen LogP contribution in [0.1, 0.15) is 19.8 Å². The first kappa shape index (κ1) is 15.8. The Morgan fingerprint density at radius 1 is 1.19 bits per heavy atom. The molecular formula is C14H26N6O. The molecule has 1 aliphatic rings. The molecule has 0 aliphatic carbocycles. The summed E-state index contributed by atoms with van der Waals surface area (Å²) in [6, 6.07) is 1.90. The molecule has 1 saturated heterocycles. The van der Waals surface area contributed by atoms with Crippen molar-refractivity contribution in [2.75, 3.05) is 62.3 Å². The lowest BCUT2D eigenvalue weighted by molar-refractivity contribution is 0.0378. The lowest BCUT2D eigenvalue weighted by Crippen LogP contribution is -2.37. The van der Waals surface area contributed by atoms with Gasteiger partial charge in [0.05, 0.1) is 13.2 Å². The molecule has 0 aromatic carbocycles. The van der Waals surface area contributed by atoms with E-state index in [1.165, 1.54) is 0 Å². The normalized spacial score (nSPS) is 15.9. The van der Waals surface area contributed by atoms with Gasteiger partial charge in [-0.3, -0.25) is 4.90 Å². The van der Waals surface area contributed by atoms with Crippen molar-refractivity contribution in [3.8, 4) is 0 Å². The molecule has 0 unspecified atom stereocenters. The number of anilines is 3. The van der Waals surface area contributed by atoms with Crippen molar-refractivity contribution in [1.82, 2.24) is 14.9 Å². The summed E-state index contributed by atoms with van der Waals surface area (Å²) in [6.07, 6.45) is 2.12. The molecule has 4 N–H and O–H groups in total. The second-order valence-electron chi connectivity index (χ2n) is 5.16. The molecule has 2 heterocycles. The number of hydrogen-bond acceptors (Lipinski definition) is 7. The fraction of sp³-hybridized carbons (Fsp3) is 0.714. The number of ether oxygens (including phenoxy) is 1. The number of nitrogens with zero attached hydrogens (tertiary/aromatic N) is 3. The van der Waals surface area contributed by atoms with E-state index >= 15 is 0 Å². The Labute approximate surface area is 126 Å². The number of rotatable bonds is 8. The standard InChI is InChI=1S/C14H26N6O/c1-2-4-16-12-11-13(19-14(15)18-12)17-5-3-6-20-7-9-21-10-8-20/h11H,2-10H2,1H3,(H4,15,16,17,18,19). The fourth-order valence-corrected chi connectivity index (χ4v) is 2.24. The van der Waals surface area contributed by atoms with Crippen LogP contribution in [0.5, 0.6) is 0 Å². The van der Waals surface area contributed by atoms with Gasteiger partial charge in [-0.2, -0.15) is 9.97 Å². The summed E-state index contributed by atoms with van der Waals surface area (Å²) >= 11 is 0. The Bertz CT molecular complexity index is 422. The number of morpholine rings is 1. The number of hydrogen-bond donors (Lipinski definition) is 3. The second kappa shape index (κ2) is 8.63. The Hall–Kier alpha value is -1.60. The zero-order chi connectivity index (χ0) is 14.9. The Kier molecular flexibility index (Phi) is 6.49. The summed E-state index contributed by atoms with van der Waals surface area (Å²) in [4.78, 5) is 10.8. The first-order chi connectivity index (χ1) is 10.3. The van der Waals surface area contributed by atoms with Crippen molar-refractivity contribution in [1.29, 1.82) is 0 Å². The van der Waals surface area contributed by atoms with Crippen LogP contribution in [-0.4, -0.2) is 60.8 Å². The number of nitrogens with one attached hydrogen (secondary N) is 2. The van der Waals surface area contributed by atoms with Crippen molar-refractivity contribution in [3.63, 3.8) is 0 Å². The molecule has 0 bridgehead atoms. The Morgan fingerprint density at radius 3 is 2.52 bits per heavy atom. The van der Waals surface area contributed by atoms with Gasteiger partial charge in [-0.1, -0.05) is 6.92 Å². The highest BCUT2D eigenvalue weighted by Gasteiger charge is 2.09. The molecule has 7 nitrogen and oxygen atoms in total. The van der Waals surface area contributed by atoms with Crippen LogP contribution < -0.4 is 16.4 Å². The third-order valence-electron chi connectivity index (χ3n) is 3.36. The van der Waals surface area contributed by atoms with E-state index in [0.717, 1.165) is 70.4 Å². The highest BCUT2D eigenvalue weighted by Crippen LogP contribution is 2.12. The maximum Gasteiger partial charge on any atom is 0.223 e. The van der Waals surface area contributed by atoms with Crippen LogP contribution in [0.15, 0.2) is 6.07 Å². The first-order valence-corrected chi connectivity index (χ1v) is 7.70. The van der Waals surface area contributed by atoms with E-state index in [4.69, 9.17) is 10.5 Å². The highest BCUT2D eigenvalue weighted by atomic mass is 16.5. The first-order valence-electron chi connectivity index (χ1n) is 7.70. The number of aromatic nitrogens is 2. The second-order valence-corrected chi connectivity index (χ2v) is 5.16. The van der Waals surface area contributed by atoms with Gasteiger partial charge in [-0.15, -0.1) is 0 Å². The minimum Gasteiger partial charge on any atom is -0.379 e. The average Bonchev–Trinajstić information content (AvgIpc) is 2.50. The van der Waals surface area contributed by atoms with Crippen LogP contribution in [0.2, 0.25) is 0 Å². The smallest absolute Gasteiger partial charge is 0.223 e. The van der Waals surface area contributed by atoms with Crippen molar-refractivity contribution < 1.29 is 4.74 Å². The van der Waals surface area contributed by atoms with Crippen molar-refractivity contribution in [2.24, 2.45) is 0 Å². The van der Waals surface area contributed by atoms with E-state index in [0.29, 0.717) is 5.95 Å². The predicted octanol–water partition coefficient (Wildman–Crippen LogP) is 1.01. The predicted molar refractivity (Wildman–Crippen MR) is 85.6 cm³/mol. The van der Waals surface area contributed by atoms with Gasteiger partial charge >= 0.3 is 0 Å². The lowest BCUT2D eigenvalue weighted by atomic mass is 10.3. The van der Waals surface area contributed by atoms with E-state index in [1.807, 2.05) is 6.07 Å². The molecule has 7 heteroatoms. The van der Waals surface area contributed by atoms with E-state index in [9.17, 15) is 0 Å². The summed E-state index contributed by atoms with van der Waals surface area (Å²) in [5, 5.41) is 6.54. The maximum absolute atomic E-state index is 5.73. The average molecular weight is 294 g/mol. The molecule has 1 fully saturated rings. The molecule has 0 radical (unpaired) electrons. The van der Waals surface area contributed by atoms with E-state index < -0.39 is 0 Å². The zero-order valence-electron chi connectivity index (χ0n) is 12.8. The summed E-state index contributed by atoms with van der Waals surface area (Å²) in [6.45, 7) is 8.72. The van der Waals surface area contributed by atoms with Crippen LogP contribution in [0.25, 0.3) is 0 Å². The molecular weight excluding hydrogens is 268 g/mol. The van der Waals surface area contributed by atoms with Gasteiger partial charge in [0, 0.05) is 32.2 Å². The summed E-state index contributed by atoms with van der Waals surface area (Å²) < 4.78 is 5.34. The Balaban J connectivity index is 1.72. The van der Waals surface area contributed by atoms with Crippen LogP contribution in [0.3, 0.4) is 0 Å². The molecule has 2 rings (SSSR count).